The van der Waals surface area contributed by atoms with Crippen LogP contribution in [-0.4, -0.2) is 62.3 Å². The average molecular weight is 368 g/mol. The Morgan fingerprint density at radius 1 is 1.17 bits per heavy atom. The largest absolute Gasteiger partial charge is 0.379 e. The summed E-state index contributed by atoms with van der Waals surface area (Å²) in [6.07, 6.45) is 7.30. The molecule has 5 nitrogen and oxygen atoms in total. The molecule has 2 saturated heterocycles. The van der Waals surface area contributed by atoms with Gasteiger partial charge >= 0.3 is 0 Å². The highest BCUT2D eigenvalue weighted by Crippen LogP contribution is 2.33. The van der Waals surface area contributed by atoms with E-state index >= 15 is 0 Å². The monoisotopic (exact) mass is 367 g/mol. The Morgan fingerprint density at radius 2 is 1.91 bits per heavy atom. The molecule has 0 aromatic heterocycles. The van der Waals surface area contributed by atoms with E-state index in [9.17, 15) is 4.79 Å². The summed E-state index contributed by atoms with van der Waals surface area (Å²) in [4.78, 5) is 14.6. The lowest BCUT2D eigenvalue weighted by molar-refractivity contribution is -0.122. The zero-order chi connectivity index (χ0) is 14.5. The van der Waals surface area contributed by atoms with Crippen molar-refractivity contribution in [1.82, 2.24) is 15.5 Å². The van der Waals surface area contributed by atoms with Gasteiger partial charge in [0.1, 0.15) is 0 Å². The van der Waals surface area contributed by atoms with Crippen molar-refractivity contribution in [3.05, 3.63) is 0 Å². The Kier molecular flexibility index (Phi) is 9.78. The van der Waals surface area contributed by atoms with Gasteiger partial charge in [0.05, 0.1) is 19.3 Å². The maximum Gasteiger partial charge on any atom is 0.237 e. The van der Waals surface area contributed by atoms with E-state index in [2.05, 4.69) is 15.5 Å². The van der Waals surface area contributed by atoms with E-state index in [1.807, 2.05) is 0 Å². The summed E-state index contributed by atoms with van der Waals surface area (Å²) in [6.45, 7) is 5.61. The number of nitrogens with zero attached hydrogens (tertiary/aromatic N) is 1. The number of hydrogen-bond acceptors (Lipinski definition) is 4. The van der Waals surface area contributed by atoms with Gasteiger partial charge in [0.25, 0.3) is 0 Å². The molecule has 0 spiro atoms. The predicted molar refractivity (Wildman–Crippen MR) is 96.7 cm³/mol. The number of halogens is 2. The van der Waals surface area contributed by atoms with Gasteiger partial charge in [-0.05, 0) is 38.1 Å². The molecule has 2 aliphatic heterocycles. The molecule has 3 atom stereocenters. The van der Waals surface area contributed by atoms with E-state index < -0.39 is 0 Å². The summed E-state index contributed by atoms with van der Waals surface area (Å²) >= 11 is 0. The smallest absolute Gasteiger partial charge is 0.237 e. The molecule has 7 heteroatoms. The standard InChI is InChI=1S/C16H29N3O2.2ClH/c20-16(15-12-13-4-1-2-5-14(13)18-15)17-6-3-7-19-8-10-21-11-9-19;;/h13-15,18H,1-12H2,(H,17,20);2*1H. The summed E-state index contributed by atoms with van der Waals surface area (Å²) in [5.41, 5.74) is 0. The molecule has 3 rings (SSSR count). The molecular weight excluding hydrogens is 337 g/mol. The number of hydrogen-bond donors (Lipinski definition) is 2. The Labute approximate surface area is 152 Å². The van der Waals surface area contributed by atoms with Crippen molar-refractivity contribution >= 4 is 30.7 Å². The highest BCUT2D eigenvalue weighted by molar-refractivity contribution is 5.85. The molecule has 1 aliphatic carbocycles. The van der Waals surface area contributed by atoms with Gasteiger partial charge in [-0.2, -0.15) is 0 Å². The molecule has 0 aromatic carbocycles. The van der Waals surface area contributed by atoms with Crippen molar-refractivity contribution in [2.24, 2.45) is 5.92 Å². The number of carbonyl (C=O) groups excluding carboxylic acids is 1. The minimum atomic E-state index is 0. The fraction of sp³-hybridized carbons (Fsp3) is 0.938. The number of ether oxygens (including phenoxy) is 1. The zero-order valence-electron chi connectivity index (χ0n) is 13.8. The number of carbonyl (C=O) groups is 1. The van der Waals surface area contributed by atoms with E-state index in [0.717, 1.165) is 58.2 Å². The normalized spacial score (nSPS) is 30.7. The van der Waals surface area contributed by atoms with Crippen molar-refractivity contribution in [2.75, 3.05) is 39.4 Å². The van der Waals surface area contributed by atoms with Crippen LogP contribution in [0.4, 0.5) is 0 Å². The van der Waals surface area contributed by atoms with Crippen LogP contribution < -0.4 is 10.6 Å². The van der Waals surface area contributed by atoms with E-state index in [-0.39, 0.29) is 36.8 Å². The van der Waals surface area contributed by atoms with Gasteiger partial charge in [-0.25, -0.2) is 0 Å². The minimum absolute atomic E-state index is 0. The van der Waals surface area contributed by atoms with E-state index in [4.69, 9.17) is 4.74 Å². The van der Waals surface area contributed by atoms with Gasteiger partial charge in [0, 0.05) is 25.7 Å². The van der Waals surface area contributed by atoms with Crippen LogP contribution in [-0.2, 0) is 9.53 Å². The Balaban J connectivity index is 0.00000132. The number of amides is 1. The van der Waals surface area contributed by atoms with Crippen LogP contribution in [0.3, 0.4) is 0 Å². The van der Waals surface area contributed by atoms with Crippen molar-refractivity contribution in [2.45, 2.75) is 50.6 Å². The van der Waals surface area contributed by atoms with Crippen LogP contribution in [0.2, 0.25) is 0 Å². The number of nitrogens with one attached hydrogen (secondary N) is 2. The molecule has 3 fully saturated rings. The quantitative estimate of drug-likeness (QED) is 0.724. The van der Waals surface area contributed by atoms with Gasteiger partial charge in [-0.1, -0.05) is 12.8 Å². The van der Waals surface area contributed by atoms with Crippen molar-refractivity contribution in [3.63, 3.8) is 0 Å². The third kappa shape index (κ3) is 6.05. The predicted octanol–water partition coefficient (Wildman–Crippen LogP) is 1.59. The minimum Gasteiger partial charge on any atom is -0.379 e. The Morgan fingerprint density at radius 3 is 2.65 bits per heavy atom. The lowest BCUT2D eigenvalue weighted by atomic mass is 9.85. The van der Waals surface area contributed by atoms with Crippen LogP contribution in [0.5, 0.6) is 0 Å². The molecule has 1 saturated carbocycles. The van der Waals surface area contributed by atoms with Gasteiger partial charge in [-0.3, -0.25) is 9.69 Å². The van der Waals surface area contributed by atoms with Crippen molar-refractivity contribution < 1.29 is 9.53 Å². The van der Waals surface area contributed by atoms with E-state index in [1.165, 1.54) is 25.7 Å². The van der Waals surface area contributed by atoms with Gasteiger partial charge in [-0.15, -0.1) is 24.8 Å². The van der Waals surface area contributed by atoms with Crippen LogP contribution in [0, 0.1) is 5.92 Å². The molecule has 0 bridgehead atoms. The number of morpholine rings is 1. The summed E-state index contributed by atoms with van der Waals surface area (Å²) in [5.74, 6) is 0.953. The molecule has 3 aliphatic rings. The Bertz CT molecular complexity index is 340. The second-order valence-corrected chi connectivity index (χ2v) is 6.70. The fourth-order valence-corrected chi connectivity index (χ4v) is 3.98. The third-order valence-corrected chi connectivity index (χ3v) is 5.23. The molecular formula is C16H31Cl2N3O2. The molecule has 0 radical (unpaired) electrons. The second kappa shape index (κ2) is 10.7. The summed E-state index contributed by atoms with van der Waals surface area (Å²) in [7, 11) is 0. The zero-order valence-corrected chi connectivity index (χ0v) is 15.4. The number of fused-ring (bicyclic) bond motifs is 1. The SMILES string of the molecule is Cl.Cl.O=C(NCCCN1CCOCC1)C1CC2CCCCC2N1. The maximum absolute atomic E-state index is 12.2. The highest BCUT2D eigenvalue weighted by Gasteiger charge is 2.37. The number of rotatable bonds is 5. The van der Waals surface area contributed by atoms with Gasteiger partial charge < -0.3 is 15.4 Å². The molecule has 1 amide bonds. The summed E-state index contributed by atoms with van der Waals surface area (Å²) in [5, 5.41) is 6.66. The van der Waals surface area contributed by atoms with Gasteiger partial charge in [0.2, 0.25) is 5.91 Å². The maximum atomic E-state index is 12.2. The van der Waals surface area contributed by atoms with Gasteiger partial charge in [0.15, 0.2) is 0 Å². The lowest BCUT2D eigenvalue weighted by Gasteiger charge is -2.26. The molecule has 23 heavy (non-hydrogen) atoms. The first-order chi connectivity index (χ1) is 10.3. The second-order valence-electron chi connectivity index (χ2n) is 6.70. The topological polar surface area (TPSA) is 53.6 Å². The molecule has 2 heterocycles. The Hall–Kier alpha value is -0.0700. The molecule has 3 unspecified atom stereocenters. The van der Waals surface area contributed by atoms with Crippen molar-refractivity contribution in [1.29, 1.82) is 0 Å². The molecule has 0 aromatic rings. The summed E-state index contributed by atoms with van der Waals surface area (Å²) in [6, 6.07) is 0.657. The van der Waals surface area contributed by atoms with E-state index in [0.29, 0.717) is 6.04 Å². The first-order valence-corrected chi connectivity index (χ1v) is 8.67. The van der Waals surface area contributed by atoms with Crippen molar-refractivity contribution in [3.8, 4) is 0 Å². The highest BCUT2D eigenvalue weighted by atomic mass is 35.5. The average Bonchev–Trinajstić information content (AvgIpc) is 2.96. The third-order valence-electron chi connectivity index (χ3n) is 5.23. The first-order valence-electron chi connectivity index (χ1n) is 8.67. The van der Waals surface area contributed by atoms with Crippen LogP contribution in [0.25, 0.3) is 0 Å². The fourth-order valence-electron chi connectivity index (χ4n) is 3.98. The molecule has 2 N–H and O–H groups in total. The van der Waals surface area contributed by atoms with Crippen LogP contribution in [0.1, 0.15) is 38.5 Å². The lowest BCUT2D eigenvalue weighted by Crippen LogP contribution is -2.44. The molecule has 136 valence electrons. The van der Waals surface area contributed by atoms with Crippen LogP contribution in [0.15, 0.2) is 0 Å². The van der Waals surface area contributed by atoms with E-state index in [1.54, 1.807) is 0 Å². The van der Waals surface area contributed by atoms with Crippen LogP contribution >= 0.6 is 24.8 Å². The first kappa shape index (κ1) is 21.0. The summed E-state index contributed by atoms with van der Waals surface area (Å²) < 4.78 is 5.34.